The molecule has 2 aliphatic rings. The minimum absolute atomic E-state index is 1.04. The summed E-state index contributed by atoms with van der Waals surface area (Å²) in [5.74, 6) is 0. The molecule has 0 fully saturated rings. The third-order valence-electron chi connectivity index (χ3n) is 19.0. The predicted molar refractivity (Wildman–Crippen MR) is 364 cm³/mol. The van der Waals surface area contributed by atoms with Gasteiger partial charge in [-0.1, -0.05) is 231 Å². The molecule has 0 amide bonds. The quantitative estimate of drug-likeness (QED) is 0.122. The fourth-order valence-corrected chi connectivity index (χ4v) is 15.3. The highest BCUT2D eigenvalue weighted by Crippen LogP contribution is 2.57. The van der Waals surface area contributed by atoms with Crippen LogP contribution in [-0.4, -0.2) is 9.97 Å². The van der Waals surface area contributed by atoms with Crippen molar-refractivity contribution in [1.82, 2.24) is 9.97 Å². The van der Waals surface area contributed by atoms with Gasteiger partial charge in [-0.05, 0) is 191 Å². The second-order valence-corrected chi connectivity index (χ2v) is 23.3. The van der Waals surface area contributed by atoms with Gasteiger partial charge in [-0.15, -0.1) is 0 Å². The lowest BCUT2D eigenvalue weighted by molar-refractivity contribution is 1.35. The van der Waals surface area contributed by atoms with Gasteiger partial charge in [0.05, 0.1) is 11.4 Å². The van der Waals surface area contributed by atoms with Gasteiger partial charge in [-0.2, -0.15) is 0 Å². The topological polar surface area (TPSA) is 25.8 Å². The zero-order valence-electron chi connectivity index (χ0n) is 46.6. The molecule has 86 heavy (non-hydrogen) atoms. The van der Waals surface area contributed by atoms with Gasteiger partial charge in [-0.3, -0.25) is 9.97 Å². The van der Waals surface area contributed by atoms with Crippen LogP contribution in [0, 0.1) is 0 Å². The van der Waals surface area contributed by atoms with Crippen molar-refractivity contribution in [3.8, 4) is 112 Å². The molecule has 0 atom stereocenters. The molecule has 15 aromatic carbocycles. The lowest BCUT2D eigenvalue weighted by atomic mass is 9.80. The number of nitrogens with zero attached hydrogens (tertiary/aromatic N) is 2. The van der Waals surface area contributed by atoms with Crippen LogP contribution in [0.4, 0.5) is 0 Å². The Morgan fingerprint density at radius 3 is 0.895 bits per heavy atom. The highest BCUT2D eigenvalue weighted by atomic mass is 14.7. The summed E-state index contributed by atoms with van der Waals surface area (Å²) < 4.78 is 0. The van der Waals surface area contributed by atoms with Crippen LogP contribution in [0.15, 0.2) is 291 Å². The van der Waals surface area contributed by atoms with E-state index in [1.165, 1.54) is 186 Å². The van der Waals surface area contributed by atoms with E-state index in [1.807, 2.05) is 12.4 Å². The van der Waals surface area contributed by atoms with Crippen LogP contribution in [-0.2, 0) is 0 Å². The van der Waals surface area contributed by atoms with Gasteiger partial charge in [0.1, 0.15) is 0 Å². The molecule has 0 radical (unpaired) electrons. The minimum atomic E-state index is 1.04. The molecule has 2 heteroatoms. The fraction of sp³-hybridized carbons (Fsp3) is 0. The van der Waals surface area contributed by atoms with E-state index >= 15 is 0 Å². The lowest BCUT2D eigenvalue weighted by Gasteiger charge is -2.22. The molecule has 2 aromatic heterocycles. The van der Waals surface area contributed by atoms with Crippen LogP contribution >= 0.6 is 0 Å². The van der Waals surface area contributed by atoms with Crippen LogP contribution in [0.2, 0.25) is 0 Å². The Morgan fingerprint density at radius 2 is 0.500 bits per heavy atom. The van der Waals surface area contributed by atoms with Gasteiger partial charge in [0.15, 0.2) is 0 Å². The van der Waals surface area contributed by atoms with Crippen molar-refractivity contribution in [2.24, 2.45) is 0 Å². The molecule has 19 rings (SSSR count). The second-order valence-electron chi connectivity index (χ2n) is 23.3. The van der Waals surface area contributed by atoms with Gasteiger partial charge in [0, 0.05) is 56.5 Å². The molecule has 0 unspecified atom stereocenters. The molecule has 2 aliphatic carbocycles. The van der Waals surface area contributed by atoms with Gasteiger partial charge in [0.25, 0.3) is 0 Å². The summed E-state index contributed by atoms with van der Waals surface area (Å²) in [5, 5.41) is 19.6. The summed E-state index contributed by atoms with van der Waals surface area (Å²) in [6.07, 6.45) is 3.90. The highest BCUT2D eigenvalue weighted by molar-refractivity contribution is 6.35. The first-order chi connectivity index (χ1) is 42.7. The monoisotopic (exact) mass is 1080 g/mol. The number of hydrogen-bond acceptors (Lipinski definition) is 2. The number of fused-ring (bicyclic) bond motifs is 16. The summed E-state index contributed by atoms with van der Waals surface area (Å²) in [5.41, 5.74) is 23.8. The summed E-state index contributed by atoms with van der Waals surface area (Å²) >= 11 is 0. The number of aromatic nitrogens is 2. The van der Waals surface area contributed by atoms with E-state index in [0.717, 1.165) is 11.4 Å². The first-order valence-electron chi connectivity index (χ1n) is 29.8. The number of rotatable bonds is 6. The molecule has 2 nitrogen and oxygen atoms in total. The maximum absolute atomic E-state index is 5.14. The van der Waals surface area contributed by atoms with Crippen molar-refractivity contribution in [3.05, 3.63) is 291 Å². The normalized spacial score (nSPS) is 12.2. The first kappa shape index (κ1) is 47.2. The molecule has 0 saturated heterocycles. The molecule has 17 aromatic rings. The number of benzene rings is 15. The highest BCUT2D eigenvalue weighted by Gasteiger charge is 2.31. The Labute approximate surface area is 496 Å². The van der Waals surface area contributed by atoms with E-state index in [4.69, 9.17) is 9.97 Å². The smallest absolute Gasteiger partial charge is 0.0787 e. The van der Waals surface area contributed by atoms with E-state index in [-0.39, 0.29) is 0 Å². The molecule has 0 bridgehead atoms. The molecular weight excluding hydrogens is 1040 g/mol. The molecule has 0 N–H and O–H groups in total. The SMILES string of the molecule is c1ccc(-c2ccc3c(c2)c(-c2c4ccccc4c(-c4cc5c6ccc(-c7ccccc7)c7c6c(cc5c5ccc(-c6ccccc6)cc45)-c4ncccc4-7)c4ccccc24)cc2c4ccc(-c5ccccc5)c5c4c(cc32)-c2ncccc2-5)cc1. The summed E-state index contributed by atoms with van der Waals surface area (Å²) in [4.78, 5) is 10.3. The Morgan fingerprint density at radius 1 is 0.163 bits per heavy atom. The van der Waals surface area contributed by atoms with Crippen LogP contribution in [0.1, 0.15) is 0 Å². The van der Waals surface area contributed by atoms with Crippen LogP contribution in [0.25, 0.3) is 198 Å². The first-order valence-corrected chi connectivity index (χ1v) is 29.8. The van der Waals surface area contributed by atoms with Crippen molar-refractivity contribution in [2.45, 2.75) is 0 Å². The van der Waals surface area contributed by atoms with Crippen molar-refractivity contribution in [1.29, 1.82) is 0 Å². The number of pyridine rings is 2. The van der Waals surface area contributed by atoms with Gasteiger partial charge in [0.2, 0.25) is 0 Å². The lowest BCUT2D eigenvalue weighted by Crippen LogP contribution is -1.95. The van der Waals surface area contributed by atoms with Gasteiger partial charge < -0.3 is 0 Å². The Bertz CT molecular complexity index is 5370. The Balaban J connectivity index is 0.942. The zero-order chi connectivity index (χ0) is 56.1. The van der Waals surface area contributed by atoms with Crippen molar-refractivity contribution in [2.75, 3.05) is 0 Å². The van der Waals surface area contributed by atoms with E-state index in [2.05, 4.69) is 279 Å². The summed E-state index contributed by atoms with van der Waals surface area (Å²) in [6, 6.07) is 104. The molecular formula is C84H48N2. The third kappa shape index (κ3) is 6.67. The largest absolute Gasteiger partial charge is 0.256 e. The summed E-state index contributed by atoms with van der Waals surface area (Å²) in [7, 11) is 0. The van der Waals surface area contributed by atoms with Crippen molar-refractivity contribution >= 4 is 86.2 Å². The summed E-state index contributed by atoms with van der Waals surface area (Å²) in [6.45, 7) is 0. The Kier molecular flexibility index (Phi) is 9.93. The van der Waals surface area contributed by atoms with Gasteiger partial charge >= 0.3 is 0 Å². The second kappa shape index (κ2) is 18.1. The van der Waals surface area contributed by atoms with Crippen LogP contribution in [0.3, 0.4) is 0 Å². The van der Waals surface area contributed by atoms with E-state index in [9.17, 15) is 0 Å². The molecule has 0 saturated carbocycles. The molecule has 0 spiro atoms. The maximum atomic E-state index is 5.14. The average molecular weight is 1090 g/mol. The van der Waals surface area contributed by atoms with Crippen LogP contribution < -0.4 is 0 Å². The third-order valence-corrected chi connectivity index (χ3v) is 19.0. The zero-order valence-corrected chi connectivity index (χ0v) is 46.6. The molecule has 2 heterocycles. The Hall–Kier alpha value is -11.3. The minimum Gasteiger partial charge on any atom is -0.256 e. The maximum Gasteiger partial charge on any atom is 0.0787 e. The van der Waals surface area contributed by atoms with Gasteiger partial charge in [-0.25, -0.2) is 0 Å². The standard InChI is InChI=1S/C84H48N2/c1-5-19-49(20-6-1)53-33-35-57-67(43-53)73(45-71-63-39-37-55(51-23-9-3-10-24-51)79-65-31-17-41-85-83(65)75(81(63)79)47-69(57)71)77-59-27-13-15-29-61(59)78(62-30-16-14-28-60(62)77)74-46-72-64-40-38-56(52-25-11-4-12-26-52)80-66-32-18-42-86-84(66)76(82(64)80)48-70(72)58-36-34-54(44-68(58)74)50-21-7-2-8-22-50/h1-48H. The molecule has 0 aliphatic heterocycles. The van der Waals surface area contributed by atoms with Crippen molar-refractivity contribution < 1.29 is 0 Å². The van der Waals surface area contributed by atoms with E-state index < -0.39 is 0 Å². The van der Waals surface area contributed by atoms with Crippen LogP contribution in [0.5, 0.6) is 0 Å². The predicted octanol–water partition coefficient (Wildman–Crippen LogP) is 23.0. The van der Waals surface area contributed by atoms with Crippen molar-refractivity contribution in [3.63, 3.8) is 0 Å². The van der Waals surface area contributed by atoms with E-state index in [1.54, 1.807) is 0 Å². The number of hydrogen-bond donors (Lipinski definition) is 0. The fourth-order valence-electron chi connectivity index (χ4n) is 15.3. The average Bonchev–Trinajstić information content (AvgIpc) is 1.36. The molecule has 394 valence electrons. The van der Waals surface area contributed by atoms with E-state index in [0.29, 0.717) is 0 Å².